The van der Waals surface area contributed by atoms with E-state index in [0.29, 0.717) is 11.4 Å². The SMILES string of the molecule is CC(c1ccccc1Cl)N(C)c1ccc(CCl)cc1C#N. The molecular formula is C17H16Cl2N2. The maximum Gasteiger partial charge on any atom is 0.101 e. The molecule has 2 nitrogen and oxygen atoms in total. The topological polar surface area (TPSA) is 27.0 Å². The predicted molar refractivity (Wildman–Crippen MR) is 89.0 cm³/mol. The molecule has 2 aromatic carbocycles. The van der Waals surface area contributed by atoms with Crippen LogP contribution in [0.1, 0.15) is 29.7 Å². The lowest BCUT2D eigenvalue weighted by Crippen LogP contribution is -2.22. The highest BCUT2D eigenvalue weighted by Gasteiger charge is 2.17. The zero-order chi connectivity index (χ0) is 15.4. The van der Waals surface area contributed by atoms with Crippen molar-refractivity contribution in [2.75, 3.05) is 11.9 Å². The van der Waals surface area contributed by atoms with E-state index in [-0.39, 0.29) is 6.04 Å². The van der Waals surface area contributed by atoms with Crippen LogP contribution in [-0.2, 0) is 5.88 Å². The largest absolute Gasteiger partial charge is 0.367 e. The van der Waals surface area contributed by atoms with Gasteiger partial charge in [0.2, 0.25) is 0 Å². The van der Waals surface area contributed by atoms with Gasteiger partial charge in [-0.1, -0.05) is 35.9 Å². The van der Waals surface area contributed by atoms with Crippen molar-refractivity contribution in [1.82, 2.24) is 0 Å². The van der Waals surface area contributed by atoms with Crippen molar-refractivity contribution in [3.8, 4) is 6.07 Å². The maximum absolute atomic E-state index is 9.35. The summed E-state index contributed by atoms with van der Waals surface area (Å²) in [6.07, 6.45) is 0. The second kappa shape index (κ2) is 6.85. The summed E-state index contributed by atoms with van der Waals surface area (Å²) in [7, 11) is 1.96. The number of hydrogen-bond donors (Lipinski definition) is 0. The number of alkyl halides is 1. The molecule has 108 valence electrons. The highest BCUT2D eigenvalue weighted by Crippen LogP contribution is 2.32. The van der Waals surface area contributed by atoms with E-state index in [1.165, 1.54) is 0 Å². The summed E-state index contributed by atoms with van der Waals surface area (Å²) in [5, 5.41) is 10.1. The summed E-state index contributed by atoms with van der Waals surface area (Å²) < 4.78 is 0. The van der Waals surface area contributed by atoms with Crippen LogP contribution in [0.25, 0.3) is 0 Å². The van der Waals surface area contributed by atoms with E-state index in [4.69, 9.17) is 23.2 Å². The molecule has 0 amide bonds. The average molecular weight is 319 g/mol. The minimum Gasteiger partial charge on any atom is -0.367 e. The van der Waals surface area contributed by atoms with Gasteiger partial charge in [-0.25, -0.2) is 0 Å². The Morgan fingerprint density at radius 1 is 1.24 bits per heavy atom. The summed E-state index contributed by atoms with van der Waals surface area (Å²) in [4.78, 5) is 2.05. The van der Waals surface area contributed by atoms with Crippen molar-refractivity contribution in [3.05, 3.63) is 64.2 Å². The fraction of sp³-hybridized carbons (Fsp3) is 0.235. The lowest BCUT2D eigenvalue weighted by Gasteiger charge is -2.29. The van der Waals surface area contributed by atoms with Gasteiger partial charge in [-0.05, 0) is 36.2 Å². The fourth-order valence-electron chi connectivity index (χ4n) is 2.29. The number of nitriles is 1. The van der Waals surface area contributed by atoms with Crippen molar-refractivity contribution in [1.29, 1.82) is 5.26 Å². The van der Waals surface area contributed by atoms with Crippen LogP contribution < -0.4 is 4.90 Å². The first-order chi connectivity index (χ1) is 10.1. The number of rotatable bonds is 4. The van der Waals surface area contributed by atoms with E-state index in [9.17, 15) is 5.26 Å². The van der Waals surface area contributed by atoms with Crippen LogP contribution in [-0.4, -0.2) is 7.05 Å². The second-order valence-corrected chi connectivity index (χ2v) is 5.58. The zero-order valence-corrected chi connectivity index (χ0v) is 13.5. The monoisotopic (exact) mass is 318 g/mol. The van der Waals surface area contributed by atoms with Gasteiger partial charge < -0.3 is 4.90 Å². The molecule has 1 unspecified atom stereocenters. The van der Waals surface area contributed by atoms with Gasteiger partial charge in [0, 0.05) is 18.0 Å². The lowest BCUT2D eigenvalue weighted by atomic mass is 10.0. The Morgan fingerprint density at radius 3 is 2.57 bits per heavy atom. The number of nitrogens with zero attached hydrogens (tertiary/aromatic N) is 2. The zero-order valence-electron chi connectivity index (χ0n) is 12.0. The van der Waals surface area contributed by atoms with Gasteiger partial charge in [0.15, 0.2) is 0 Å². The molecule has 2 aromatic rings. The van der Waals surface area contributed by atoms with Gasteiger partial charge >= 0.3 is 0 Å². The maximum atomic E-state index is 9.35. The molecule has 0 spiro atoms. The van der Waals surface area contributed by atoms with Crippen molar-refractivity contribution in [3.63, 3.8) is 0 Å². The van der Waals surface area contributed by atoms with Gasteiger partial charge in [0.05, 0.1) is 17.3 Å². The van der Waals surface area contributed by atoms with E-state index < -0.39 is 0 Å². The standard InChI is InChI=1S/C17H16Cl2N2/c1-12(15-5-3-4-6-16(15)19)21(2)17-8-7-13(10-18)9-14(17)11-20/h3-9,12H,10H2,1-2H3. The van der Waals surface area contributed by atoms with Crippen LogP contribution in [0.5, 0.6) is 0 Å². The predicted octanol–water partition coefficient (Wildman–Crippen LogP) is 5.15. The molecule has 2 rings (SSSR count). The van der Waals surface area contributed by atoms with Crippen LogP contribution in [0.2, 0.25) is 5.02 Å². The van der Waals surface area contributed by atoms with Gasteiger partial charge in [-0.2, -0.15) is 5.26 Å². The number of halogens is 2. The first-order valence-electron chi connectivity index (χ1n) is 6.64. The third kappa shape index (κ3) is 3.32. The molecule has 0 aliphatic heterocycles. The van der Waals surface area contributed by atoms with Crippen molar-refractivity contribution in [2.45, 2.75) is 18.8 Å². The molecule has 0 heterocycles. The van der Waals surface area contributed by atoms with E-state index >= 15 is 0 Å². The quantitative estimate of drug-likeness (QED) is 0.729. The molecule has 0 saturated heterocycles. The molecule has 21 heavy (non-hydrogen) atoms. The first-order valence-corrected chi connectivity index (χ1v) is 7.56. The minimum absolute atomic E-state index is 0.0626. The summed E-state index contributed by atoms with van der Waals surface area (Å²) in [6, 6.07) is 15.8. The molecule has 0 saturated carbocycles. The Morgan fingerprint density at radius 2 is 1.95 bits per heavy atom. The van der Waals surface area contributed by atoms with E-state index in [1.807, 2.05) is 49.5 Å². The molecule has 0 aliphatic rings. The molecule has 0 aliphatic carbocycles. The second-order valence-electron chi connectivity index (χ2n) is 4.91. The average Bonchev–Trinajstić information content (AvgIpc) is 2.53. The van der Waals surface area contributed by atoms with Gasteiger partial charge in [-0.3, -0.25) is 0 Å². The molecule has 0 bridgehead atoms. The van der Waals surface area contributed by atoms with Gasteiger partial charge in [0.1, 0.15) is 6.07 Å². The molecule has 1 atom stereocenters. The molecule has 0 fully saturated rings. The highest BCUT2D eigenvalue weighted by atomic mass is 35.5. The Kier molecular flexibility index (Phi) is 5.12. The summed E-state index contributed by atoms with van der Waals surface area (Å²) in [5.41, 5.74) is 3.47. The summed E-state index contributed by atoms with van der Waals surface area (Å²) in [6.45, 7) is 2.07. The van der Waals surface area contributed by atoms with Crippen LogP contribution in [0.15, 0.2) is 42.5 Å². The Hall–Kier alpha value is -1.69. The van der Waals surface area contributed by atoms with Crippen LogP contribution in [0.4, 0.5) is 5.69 Å². The Balaban J connectivity index is 2.38. The summed E-state index contributed by atoms with van der Waals surface area (Å²) >= 11 is 12.1. The van der Waals surface area contributed by atoms with Crippen molar-refractivity contribution < 1.29 is 0 Å². The number of hydrogen-bond acceptors (Lipinski definition) is 2. The van der Waals surface area contributed by atoms with E-state index in [1.54, 1.807) is 0 Å². The lowest BCUT2D eigenvalue weighted by molar-refractivity contribution is 0.739. The minimum atomic E-state index is 0.0626. The van der Waals surface area contributed by atoms with Crippen molar-refractivity contribution >= 4 is 28.9 Å². The normalized spacial score (nSPS) is 11.8. The summed E-state index contributed by atoms with van der Waals surface area (Å²) in [5.74, 6) is 0.402. The van der Waals surface area contributed by atoms with E-state index in [2.05, 4.69) is 17.9 Å². The van der Waals surface area contributed by atoms with E-state index in [0.717, 1.165) is 21.8 Å². The van der Waals surface area contributed by atoms with Crippen LogP contribution >= 0.6 is 23.2 Å². The third-order valence-electron chi connectivity index (χ3n) is 3.65. The smallest absolute Gasteiger partial charge is 0.101 e. The molecule has 0 aromatic heterocycles. The van der Waals surface area contributed by atoms with Crippen molar-refractivity contribution in [2.24, 2.45) is 0 Å². The molecule has 0 N–H and O–H groups in total. The van der Waals surface area contributed by atoms with Crippen LogP contribution in [0, 0.1) is 11.3 Å². The highest BCUT2D eigenvalue weighted by molar-refractivity contribution is 6.31. The molecule has 4 heteroatoms. The molecule has 0 radical (unpaired) electrons. The number of benzene rings is 2. The van der Waals surface area contributed by atoms with Crippen LogP contribution in [0.3, 0.4) is 0 Å². The Labute approximate surface area is 135 Å². The molecular weight excluding hydrogens is 303 g/mol. The number of anilines is 1. The van der Waals surface area contributed by atoms with Gasteiger partial charge in [0.25, 0.3) is 0 Å². The first kappa shape index (κ1) is 15.7. The fourth-order valence-corrected chi connectivity index (χ4v) is 2.75. The third-order valence-corrected chi connectivity index (χ3v) is 4.30. The van der Waals surface area contributed by atoms with Gasteiger partial charge in [-0.15, -0.1) is 11.6 Å². The Bertz CT molecular complexity index is 677.